The summed E-state index contributed by atoms with van der Waals surface area (Å²) in [6, 6.07) is 13.4. The Morgan fingerprint density at radius 3 is 2.21 bits per heavy atom. The third-order valence-electron chi connectivity index (χ3n) is 3.77. The number of ether oxygens (including phenoxy) is 1. The van der Waals surface area contributed by atoms with Crippen LogP contribution < -0.4 is 5.32 Å². The molecule has 0 radical (unpaired) electrons. The highest BCUT2D eigenvalue weighted by Gasteiger charge is 2.29. The number of nitrogens with one attached hydrogen (secondary N) is 1. The molecule has 0 aliphatic rings. The highest BCUT2D eigenvalue weighted by molar-refractivity contribution is 6.02. The van der Waals surface area contributed by atoms with Gasteiger partial charge in [-0.05, 0) is 54.1 Å². The predicted octanol–water partition coefficient (Wildman–Crippen LogP) is 4.91. The molecule has 3 rings (SSSR count). The number of alkyl halides is 3. The summed E-state index contributed by atoms with van der Waals surface area (Å²) in [5.41, 5.74) is 0.363. The standard InChI is InChI=1S/C20H14F3NO4/c21-20(22,23)15-7-3-13(4-8-15)12-28-19(26)14-5-9-16(10-6-14)24-18(25)17-2-1-11-27-17/h1-11H,12H2,(H,24,25). The molecule has 5 nitrogen and oxygen atoms in total. The van der Waals surface area contributed by atoms with Crippen molar-refractivity contribution in [3.63, 3.8) is 0 Å². The number of halogens is 3. The second-order valence-corrected chi connectivity index (χ2v) is 5.78. The molecule has 28 heavy (non-hydrogen) atoms. The van der Waals surface area contributed by atoms with Crippen molar-refractivity contribution in [2.45, 2.75) is 12.8 Å². The summed E-state index contributed by atoms with van der Waals surface area (Å²) in [6.07, 6.45) is -3.03. The summed E-state index contributed by atoms with van der Waals surface area (Å²) in [6.45, 7) is -0.159. The monoisotopic (exact) mass is 389 g/mol. The molecule has 3 aromatic rings. The van der Waals surface area contributed by atoms with E-state index >= 15 is 0 Å². The fraction of sp³-hybridized carbons (Fsp3) is 0.100. The van der Waals surface area contributed by atoms with Crippen LogP contribution in [0.2, 0.25) is 0 Å². The summed E-state index contributed by atoms with van der Waals surface area (Å²) in [5.74, 6) is -0.911. The zero-order chi connectivity index (χ0) is 20.1. The average molecular weight is 389 g/mol. The van der Waals surface area contributed by atoms with Crippen LogP contribution in [0.25, 0.3) is 0 Å². The molecule has 0 saturated carbocycles. The van der Waals surface area contributed by atoms with Crippen LogP contribution in [0, 0.1) is 0 Å². The zero-order valence-electron chi connectivity index (χ0n) is 14.3. The fourth-order valence-electron chi connectivity index (χ4n) is 2.31. The molecule has 0 bridgehead atoms. The van der Waals surface area contributed by atoms with E-state index in [-0.39, 0.29) is 17.9 Å². The van der Waals surface area contributed by atoms with E-state index in [2.05, 4.69) is 5.32 Å². The van der Waals surface area contributed by atoms with Gasteiger partial charge in [0.15, 0.2) is 5.76 Å². The number of esters is 1. The van der Waals surface area contributed by atoms with Gasteiger partial charge >= 0.3 is 12.1 Å². The smallest absolute Gasteiger partial charge is 0.416 e. The molecular formula is C20H14F3NO4. The van der Waals surface area contributed by atoms with Gasteiger partial charge in [-0.3, -0.25) is 4.79 Å². The molecule has 0 saturated heterocycles. The quantitative estimate of drug-likeness (QED) is 0.630. The van der Waals surface area contributed by atoms with Crippen LogP contribution in [0.15, 0.2) is 71.3 Å². The van der Waals surface area contributed by atoms with Gasteiger partial charge in [0.1, 0.15) is 6.61 Å². The predicted molar refractivity (Wildman–Crippen MR) is 93.7 cm³/mol. The number of carbonyl (C=O) groups is 2. The lowest BCUT2D eigenvalue weighted by molar-refractivity contribution is -0.137. The third kappa shape index (κ3) is 4.79. The van der Waals surface area contributed by atoms with E-state index in [1.54, 1.807) is 6.07 Å². The highest BCUT2D eigenvalue weighted by atomic mass is 19.4. The van der Waals surface area contributed by atoms with Crippen molar-refractivity contribution in [1.82, 2.24) is 0 Å². The molecule has 1 aromatic heterocycles. The number of hydrogen-bond donors (Lipinski definition) is 1. The number of benzene rings is 2. The minimum Gasteiger partial charge on any atom is -0.459 e. The zero-order valence-corrected chi connectivity index (χ0v) is 14.3. The fourth-order valence-corrected chi connectivity index (χ4v) is 2.31. The Hall–Kier alpha value is -3.55. The van der Waals surface area contributed by atoms with Gasteiger partial charge in [0.25, 0.3) is 5.91 Å². The van der Waals surface area contributed by atoms with Crippen LogP contribution in [0.5, 0.6) is 0 Å². The van der Waals surface area contributed by atoms with Crippen LogP contribution in [-0.2, 0) is 17.5 Å². The molecule has 8 heteroatoms. The number of hydrogen-bond acceptors (Lipinski definition) is 4. The van der Waals surface area contributed by atoms with Gasteiger partial charge in [-0.15, -0.1) is 0 Å². The number of amides is 1. The molecule has 0 fully saturated rings. The molecule has 1 heterocycles. The molecule has 144 valence electrons. The second kappa shape index (κ2) is 7.99. The molecule has 0 spiro atoms. The second-order valence-electron chi connectivity index (χ2n) is 5.78. The number of carbonyl (C=O) groups excluding carboxylic acids is 2. The maximum Gasteiger partial charge on any atom is 0.416 e. The van der Waals surface area contributed by atoms with Crippen LogP contribution >= 0.6 is 0 Å². The lowest BCUT2D eigenvalue weighted by Gasteiger charge is -2.09. The minimum atomic E-state index is -4.41. The molecule has 2 aromatic carbocycles. The first-order valence-corrected chi connectivity index (χ1v) is 8.11. The van der Waals surface area contributed by atoms with Gasteiger partial charge in [-0.1, -0.05) is 12.1 Å². The summed E-state index contributed by atoms with van der Waals surface area (Å²) >= 11 is 0. The van der Waals surface area contributed by atoms with Crippen LogP contribution in [0.4, 0.5) is 18.9 Å². The Morgan fingerprint density at radius 2 is 1.64 bits per heavy atom. The number of anilines is 1. The van der Waals surface area contributed by atoms with E-state index in [9.17, 15) is 22.8 Å². The summed E-state index contributed by atoms with van der Waals surface area (Å²) in [7, 11) is 0. The summed E-state index contributed by atoms with van der Waals surface area (Å²) in [4.78, 5) is 23.9. The summed E-state index contributed by atoms with van der Waals surface area (Å²) in [5, 5.41) is 2.61. The molecule has 0 aliphatic heterocycles. The van der Waals surface area contributed by atoms with Crippen molar-refractivity contribution >= 4 is 17.6 Å². The van der Waals surface area contributed by atoms with Gasteiger partial charge in [0.05, 0.1) is 17.4 Å². The molecule has 0 atom stereocenters. The molecule has 0 aliphatic carbocycles. The molecule has 1 N–H and O–H groups in total. The third-order valence-corrected chi connectivity index (χ3v) is 3.77. The first-order valence-electron chi connectivity index (χ1n) is 8.11. The van der Waals surface area contributed by atoms with Gasteiger partial charge < -0.3 is 14.5 Å². The lowest BCUT2D eigenvalue weighted by Crippen LogP contribution is -2.11. The summed E-state index contributed by atoms with van der Waals surface area (Å²) < 4.78 is 47.7. The van der Waals surface area contributed by atoms with Gasteiger partial charge in [0, 0.05) is 5.69 Å². The maximum absolute atomic E-state index is 12.5. The van der Waals surface area contributed by atoms with Crippen LogP contribution in [0.3, 0.4) is 0 Å². The van der Waals surface area contributed by atoms with Crippen molar-refractivity contribution in [1.29, 1.82) is 0 Å². The minimum absolute atomic E-state index is 0.153. The highest BCUT2D eigenvalue weighted by Crippen LogP contribution is 2.29. The Labute approximate surface area is 157 Å². The van der Waals surface area contributed by atoms with Crippen LogP contribution in [0.1, 0.15) is 32.0 Å². The number of rotatable bonds is 5. The topological polar surface area (TPSA) is 68.5 Å². The Kier molecular flexibility index (Phi) is 5.49. The van der Waals surface area contributed by atoms with Crippen molar-refractivity contribution in [2.24, 2.45) is 0 Å². The molecular weight excluding hydrogens is 375 g/mol. The van der Waals surface area contributed by atoms with Crippen molar-refractivity contribution in [2.75, 3.05) is 5.32 Å². The van der Waals surface area contributed by atoms with E-state index in [4.69, 9.17) is 9.15 Å². The SMILES string of the molecule is O=C(OCc1ccc(C(F)(F)F)cc1)c1ccc(NC(=O)c2ccco2)cc1. The van der Waals surface area contributed by atoms with E-state index in [0.717, 1.165) is 12.1 Å². The van der Waals surface area contributed by atoms with E-state index in [1.807, 2.05) is 0 Å². The Bertz CT molecular complexity index is 947. The largest absolute Gasteiger partial charge is 0.459 e. The molecule has 1 amide bonds. The molecule has 0 unspecified atom stereocenters. The van der Waals surface area contributed by atoms with Crippen molar-refractivity contribution < 1.29 is 31.9 Å². The van der Waals surface area contributed by atoms with Crippen molar-refractivity contribution in [3.8, 4) is 0 Å². The average Bonchev–Trinajstić information content (AvgIpc) is 3.21. The first-order chi connectivity index (χ1) is 13.3. The Morgan fingerprint density at radius 1 is 0.964 bits per heavy atom. The van der Waals surface area contributed by atoms with Gasteiger partial charge in [0.2, 0.25) is 0 Å². The Balaban J connectivity index is 1.55. The van der Waals surface area contributed by atoms with Crippen LogP contribution in [-0.4, -0.2) is 11.9 Å². The van der Waals surface area contributed by atoms with Crippen molar-refractivity contribution in [3.05, 3.63) is 89.4 Å². The lowest BCUT2D eigenvalue weighted by atomic mass is 10.1. The van der Waals surface area contributed by atoms with Gasteiger partial charge in [-0.2, -0.15) is 13.2 Å². The number of furan rings is 1. The first kappa shape index (κ1) is 19.2. The van der Waals surface area contributed by atoms with E-state index in [0.29, 0.717) is 11.3 Å². The normalized spacial score (nSPS) is 11.1. The van der Waals surface area contributed by atoms with Gasteiger partial charge in [-0.25, -0.2) is 4.79 Å². The van der Waals surface area contributed by atoms with E-state index < -0.39 is 23.6 Å². The maximum atomic E-state index is 12.5. The van der Waals surface area contributed by atoms with E-state index in [1.165, 1.54) is 48.7 Å².